The van der Waals surface area contributed by atoms with E-state index >= 15 is 0 Å². The second kappa shape index (κ2) is 5.36. The summed E-state index contributed by atoms with van der Waals surface area (Å²) in [6.45, 7) is 1.88. The molecular weight excluding hydrogens is 214 g/mol. The van der Waals surface area contributed by atoms with E-state index in [9.17, 15) is 4.79 Å². The molecular formula is C13H21N3O. The molecule has 0 aliphatic carbocycles. The van der Waals surface area contributed by atoms with Gasteiger partial charge in [-0.15, -0.1) is 0 Å². The van der Waals surface area contributed by atoms with Gasteiger partial charge in [0.25, 0.3) is 5.91 Å². The molecule has 17 heavy (non-hydrogen) atoms. The van der Waals surface area contributed by atoms with Crippen molar-refractivity contribution in [2.75, 3.05) is 20.1 Å². The lowest BCUT2D eigenvalue weighted by atomic mass is 10.0. The Morgan fingerprint density at radius 1 is 1.59 bits per heavy atom. The van der Waals surface area contributed by atoms with Crippen molar-refractivity contribution in [2.24, 2.45) is 7.05 Å². The summed E-state index contributed by atoms with van der Waals surface area (Å²) in [5, 5.41) is 3.46. The Labute approximate surface area is 103 Å². The zero-order valence-electron chi connectivity index (χ0n) is 10.6. The highest BCUT2D eigenvalue weighted by Gasteiger charge is 2.19. The van der Waals surface area contributed by atoms with Gasteiger partial charge >= 0.3 is 0 Å². The normalized spacial score (nSPS) is 20.2. The molecule has 4 nitrogen and oxygen atoms in total. The lowest BCUT2D eigenvalue weighted by Gasteiger charge is -2.28. The number of rotatable bonds is 3. The quantitative estimate of drug-likeness (QED) is 0.856. The number of amides is 1. The fraction of sp³-hybridized carbons (Fsp3) is 0.615. The van der Waals surface area contributed by atoms with E-state index in [4.69, 9.17) is 0 Å². The molecule has 1 aliphatic rings. The van der Waals surface area contributed by atoms with Gasteiger partial charge in [0.2, 0.25) is 0 Å². The Morgan fingerprint density at radius 3 is 3.00 bits per heavy atom. The first-order valence-corrected chi connectivity index (χ1v) is 6.28. The third kappa shape index (κ3) is 2.88. The van der Waals surface area contributed by atoms with Crippen LogP contribution in [-0.2, 0) is 7.05 Å². The van der Waals surface area contributed by atoms with Crippen LogP contribution in [0.1, 0.15) is 29.8 Å². The number of carbonyl (C=O) groups excluding carboxylic acids is 1. The van der Waals surface area contributed by atoms with Crippen LogP contribution in [0.3, 0.4) is 0 Å². The molecule has 94 valence electrons. The molecule has 0 spiro atoms. The number of piperidine rings is 1. The number of aryl methyl sites for hydroxylation is 1. The van der Waals surface area contributed by atoms with Crippen molar-refractivity contribution in [3.63, 3.8) is 0 Å². The molecule has 1 aliphatic heterocycles. The topological polar surface area (TPSA) is 37.3 Å². The van der Waals surface area contributed by atoms with Crippen molar-refractivity contribution >= 4 is 5.91 Å². The van der Waals surface area contributed by atoms with Crippen LogP contribution >= 0.6 is 0 Å². The zero-order chi connectivity index (χ0) is 12.3. The lowest BCUT2D eigenvalue weighted by Crippen LogP contribution is -2.44. The van der Waals surface area contributed by atoms with Gasteiger partial charge in [0, 0.05) is 32.9 Å². The van der Waals surface area contributed by atoms with E-state index in [1.807, 2.05) is 41.9 Å². The smallest absolute Gasteiger partial charge is 0.270 e. The van der Waals surface area contributed by atoms with Gasteiger partial charge in [-0.1, -0.05) is 6.42 Å². The van der Waals surface area contributed by atoms with Crippen molar-refractivity contribution < 1.29 is 4.79 Å². The van der Waals surface area contributed by atoms with Crippen LogP contribution in [0.2, 0.25) is 0 Å². The van der Waals surface area contributed by atoms with E-state index in [1.54, 1.807) is 0 Å². The van der Waals surface area contributed by atoms with Crippen LogP contribution in [0.5, 0.6) is 0 Å². The predicted octanol–water partition coefficient (Wildman–Crippen LogP) is 1.24. The molecule has 1 amide bonds. The average molecular weight is 235 g/mol. The molecule has 1 aromatic heterocycles. The van der Waals surface area contributed by atoms with Gasteiger partial charge in [0.15, 0.2) is 0 Å². The van der Waals surface area contributed by atoms with E-state index in [1.165, 1.54) is 19.3 Å². The lowest BCUT2D eigenvalue weighted by molar-refractivity contribution is 0.0766. The van der Waals surface area contributed by atoms with Gasteiger partial charge in [-0.25, -0.2) is 0 Å². The first kappa shape index (κ1) is 12.2. The Bertz CT molecular complexity index is 380. The molecule has 4 heteroatoms. The highest BCUT2D eigenvalue weighted by molar-refractivity contribution is 5.92. The summed E-state index contributed by atoms with van der Waals surface area (Å²) < 4.78 is 1.87. The SMILES string of the molecule is CN(CC1CCCCN1)C(=O)c1cccn1C. The van der Waals surface area contributed by atoms with Gasteiger partial charge < -0.3 is 14.8 Å². The summed E-state index contributed by atoms with van der Waals surface area (Å²) in [5.74, 6) is 0.102. The number of aromatic nitrogens is 1. The molecule has 0 bridgehead atoms. The van der Waals surface area contributed by atoms with Crippen molar-refractivity contribution in [2.45, 2.75) is 25.3 Å². The van der Waals surface area contributed by atoms with E-state index < -0.39 is 0 Å². The minimum Gasteiger partial charge on any atom is -0.347 e. The number of hydrogen-bond acceptors (Lipinski definition) is 2. The molecule has 1 saturated heterocycles. The number of nitrogens with zero attached hydrogens (tertiary/aromatic N) is 2. The summed E-state index contributed by atoms with van der Waals surface area (Å²) >= 11 is 0. The van der Waals surface area contributed by atoms with Crippen LogP contribution in [0.4, 0.5) is 0 Å². The molecule has 1 fully saturated rings. The van der Waals surface area contributed by atoms with Gasteiger partial charge in [-0.2, -0.15) is 0 Å². The largest absolute Gasteiger partial charge is 0.347 e. The van der Waals surface area contributed by atoms with Crippen LogP contribution in [-0.4, -0.2) is 41.6 Å². The van der Waals surface area contributed by atoms with Gasteiger partial charge in [-0.3, -0.25) is 4.79 Å². The van der Waals surface area contributed by atoms with Crippen molar-refractivity contribution in [1.29, 1.82) is 0 Å². The molecule has 1 unspecified atom stereocenters. The Hall–Kier alpha value is -1.29. The summed E-state index contributed by atoms with van der Waals surface area (Å²) in [5.41, 5.74) is 0.753. The second-order valence-electron chi connectivity index (χ2n) is 4.84. The molecule has 2 heterocycles. The Balaban J connectivity index is 1.93. The van der Waals surface area contributed by atoms with E-state index in [0.29, 0.717) is 6.04 Å². The highest BCUT2D eigenvalue weighted by Crippen LogP contribution is 2.10. The maximum Gasteiger partial charge on any atom is 0.270 e. The van der Waals surface area contributed by atoms with Crippen LogP contribution in [0.25, 0.3) is 0 Å². The molecule has 0 aromatic carbocycles. The third-order valence-corrected chi connectivity index (χ3v) is 3.42. The molecule has 0 radical (unpaired) electrons. The molecule has 0 saturated carbocycles. The van der Waals surface area contributed by atoms with Crippen molar-refractivity contribution in [1.82, 2.24) is 14.8 Å². The Morgan fingerprint density at radius 2 is 2.41 bits per heavy atom. The average Bonchev–Trinajstić information content (AvgIpc) is 2.76. The first-order valence-electron chi connectivity index (χ1n) is 6.28. The summed E-state index contributed by atoms with van der Waals surface area (Å²) in [6.07, 6.45) is 5.60. The minimum atomic E-state index is 0.102. The van der Waals surface area contributed by atoms with Gasteiger partial charge in [0.1, 0.15) is 5.69 Å². The van der Waals surface area contributed by atoms with E-state index in [-0.39, 0.29) is 5.91 Å². The maximum absolute atomic E-state index is 12.2. The number of carbonyl (C=O) groups is 1. The molecule has 1 aromatic rings. The fourth-order valence-corrected chi connectivity index (χ4v) is 2.37. The van der Waals surface area contributed by atoms with Crippen LogP contribution in [0.15, 0.2) is 18.3 Å². The second-order valence-corrected chi connectivity index (χ2v) is 4.84. The monoisotopic (exact) mass is 235 g/mol. The van der Waals surface area contributed by atoms with Gasteiger partial charge in [0.05, 0.1) is 0 Å². The summed E-state index contributed by atoms with van der Waals surface area (Å²) in [6, 6.07) is 4.23. The van der Waals surface area contributed by atoms with Gasteiger partial charge in [-0.05, 0) is 31.5 Å². The molecule has 2 rings (SSSR count). The third-order valence-electron chi connectivity index (χ3n) is 3.42. The number of likely N-dealkylation sites (N-methyl/N-ethyl adjacent to an activating group) is 1. The van der Waals surface area contributed by atoms with Crippen LogP contribution < -0.4 is 5.32 Å². The minimum absolute atomic E-state index is 0.102. The van der Waals surface area contributed by atoms with Crippen molar-refractivity contribution in [3.05, 3.63) is 24.0 Å². The molecule has 1 N–H and O–H groups in total. The maximum atomic E-state index is 12.2. The van der Waals surface area contributed by atoms with E-state index in [0.717, 1.165) is 18.8 Å². The molecule has 1 atom stereocenters. The summed E-state index contributed by atoms with van der Waals surface area (Å²) in [4.78, 5) is 14.0. The van der Waals surface area contributed by atoms with E-state index in [2.05, 4.69) is 5.32 Å². The number of hydrogen-bond donors (Lipinski definition) is 1. The predicted molar refractivity (Wildman–Crippen MR) is 68.0 cm³/mol. The fourth-order valence-electron chi connectivity index (χ4n) is 2.37. The van der Waals surface area contributed by atoms with Crippen LogP contribution in [0, 0.1) is 0 Å². The number of nitrogens with one attached hydrogen (secondary N) is 1. The summed E-state index contributed by atoms with van der Waals surface area (Å²) in [7, 11) is 3.78. The van der Waals surface area contributed by atoms with Crippen molar-refractivity contribution in [3.8, 4) is 0 Å². The first-order chi connectivity index (χ1) is 8.18. The standard InChI is InChI=1S/C13H21N3O/c1-15-9-5-7-12(15)13(17)16(2)10-11-6-3-4-8-14-11/h5,7,9,11,14H,3-4,6,8,10H2,1-2H3. The highest BCUT2D eigenvalue weighted by atomic mass is 16.2. The Kier molecular flexibility index (Phi) is 3.84. The zero-order valence-corrected chi connectivity index (χ0v) is 10.6.